The molecule has 0 saturated carbocycles. The maximum Gasteiger partial charge on any atom is 0.217 e. The molecule has 0 fully saturated rings. The number of carbonyl (C=O) groups is 1. The van der Waals surface area contributed by atoms with Crippen LogP contribution < -0.4 is 5.32 Å². The van der Waals surface area contributed by atoms with Gasteiger partial charge in [-0.2, -0.15) is 0 Å². The fraction of sp³-hybridized carbons (Fsp3) is 0.333. The molecule has 0 atom stereocenters. The van der Waals surface area contributed by atoms with Crippen LogP contribution >= 0.6 is 0 Å². The minimum Gasteiger partial charge on any atom is -0.349 e. The van der Waals surface area contributed by atoms with Crippen LogP contribution in [0, 0.1) is 5.82 Å². The zero-order valence-electron chi connectivity index (χ0n) is 9.83. The van der Waals surface area contributed by atoms with Gasteiger partial charge >= 0.3 is 0 Å². The Labute approximate surface area is 98.5 Å². The van der Waals surface area contributed by atoms with Crippen molar-refractivity contribution >= 4 is 16.9 Å². The van der Waals surface area contributed by atoms with Gasteiger partial charge in [-0.3, -0.25) is 4.79 Å². The van der Waals surface area contributed by atoms with Crippen LogP contribution in [0.2, 0.25) is 0 Å². The largest absolute Gasteiger partial charge is 0.349 e. The Hall–Kier alpha value is -1.91. The smallest absolute Gasteiger partial charge is 0.217 e. The van der Waals surface area contributed by atoms with E-state index in [1.807, 2.05) is 11.5 Å². The average Bonchev–Trinajstić information content (AvgIpc) is 2.63. The molecule has 17 heavy (non-hydrogen) atoms. The van der Waals surface area contributed by atoms with E-state index in [1.54, 1.807) is 6.07 Å². The van der Waals surface area contributed by atoms with Gasteiger partial charge in [-0.25, -0.2) is 9.37 Å². The maximum atomic E-state index is 13.2. The summed E-state index contributed by atoms with van der Waals surface area (Å²) in [6.07, 6.45) is 0. The number of hydrogen-bond acceptors (Lipinski definition) is 2. The molecule has 4 nitrogen and oxygen atoms in total. The zero-order chi connectivity index (χ0) is 12.4. The molecule has 90 valence electrons. The second-order valence-electron chi connectivity index (χ2n) is 3.82. The molecule has 1 amide bonds. The van der Waals surface area contributed by atoms with E-state index in [2.05, 4.69) is 10.3 Å². The second kappa shape index (κ2) is 4.53. The van der Waals surface area contributed by atoms with Gasteiger partial charge < -0.3 is 9.88 Å². The highest BCUT2D eigenvalue weighted by Gasteiger charge is 2.10. The highest BCUT2D eigenvalue weighted by Crippen LogP contribution is 2.17. The normalized spacial score (nSPS) is 10.8. The van der Waals surface area contributed by atoms with Crippen molar-refractivity contribution in [2.75, 3.05) is 0 Å². The summed E-state index contributed by atoms with van der Waals surface area (Å²) in [5.74, 6) is 0.354. The summed E-state index contributed by atoms with van der Waals surface area (Å²) in [5, 5.41) is 2.70. The highest BCUT2D eigenvalue weighted by molar-refractivity contribution is 5.76. The summed E-state index contributed by atoms with van der Waals surface area (Å²) in [7, 11) is 0. The first-order chi connectivity index (χ1) is 8.11. The number of hydrogen-bond donors (Lipinski definition) is 1. The van der Waals surface area contributed by atoms with E-state index in [9.17, 15) is 9.18 Å². The topological polar surface area (TPSA) is 46.9 Å². The van der Waals surface area contributed by atoms with Gasteiger partial charge in [0.1, 0.15) is 11.6 Å². The number of imidazole rings is 1. The number of halogens is 1. The van der Waals surface area contributed by atoms with Crippen molar-refractivity contribution in [2.24, 2.45) is 0 Å². The Bertz CT molecular complexity index is 562. The monoisotopic (exact) mass is 235 g/mol. The van der Waals surface area contributed by atoms with Crippen molar-refractivity contribution in [1.29, 1.82) is 0 Å². The molecule has 1 N–H and O–H groups in total. The second-order valence-corrected chi connectivity index (χ2v) is 3.82. The Morgan fingerprint density at radius 2 is 2.29 bits per heavy atom. The first-order valence-electron chi connectivity index (χ1n) is 5.51. The van der Waals surface area contributed by atoms with Gasteiger partial charge in [-0.1, -0.05) is 0 Å². The van der Waals surface area contributed by atoms with E-state index in [-0.39, 0.29) is 11.7 Å². The number of aryl methyl sites for hydroxylation is 1. The van der Waals surface area contributed by atoms with Crippen LogP contribution in [-0.4, -0.2) is 15.5 Å². The minimum absolute atomic E-state index is 0.106. The van der Waals surface area contributed by atoms with Crippen molar-refractivity contribution in [3.05, 3.63) is 29.8 Å². The van der Waals surface area contributed by atoms with Crippen molar-refractivity contribution in [3.8, 4) is 0 Å². The summed E-state index contributed by atoms with van der Waals surface area (Å²) < 4.78 is 15.1. The molecule has 2 aromatic rings. The summed E-state index contributed by atoms with van der Waals surface area (Å²) in [5.41, 5.74) is 1.50. The van der Waals surface area contributed by atoms with E-state index in [0.29, 0.717) is 13.1 Å². The Morgan fingerprint density at radius 1 is 1.53 bits per heavy atom. The highest BCUT2D eigenvalue weighted by atomic mass is 19.1. The van der Waals surface area contributed by atoms with Crippen LogP contribution in [0.1, 0.15) is 19.7 Å². The molecular weight excluding hydrogens is 221 g/mol. The van der Waals surface area contributed by atoms with Gasteiger partial charge in [0.15, 0.2) is 0 Å². The molecule has 1 heterocycles. The molecule has 0 unspecified atom stereocenters. The number of benzene rings is 1. The zero-order valence-corrected chi connectivity index (χ0v) is 9.83. The van der Waals surface area contributed by atoms with E-state index in [4.69, 9.17) is 0 Å². The first kappa shape index (κ1) is 11.6. The molecule has 1 aromatic carbocycles. The third-order valence-electron chi connectivity index (χ3n) is 2.60. The van der Waals surface area contributed by atoms with Crippen LogP contribution in [0.25, 0.3) is 11.0 Å². The summed E-state index contributed by atoms with van der Waals surface area (Å²) in [4.78, 5) is 15.3. The first-order valence-corrected chi connectivity index (χ1v) is 5.51. The fourth-order valence-corrected chi connectivity index (χ4v) is 1.84. The predicted molar refractivity (Wildman–Crippen MR) is 62.9 cm³/mol. The van der Waals surface area contributed by atoms with Crippen LogP contribution in [0.3, 0.4) is 0 Å². The van der Waals surface area contributed by atoms with Crippen LogP contribution in [-0.2, 0) is 17.9 Å². The lowest BCUT2D eigenvalue weighted by Gasteiger charge is -2.06. The van der Waals surface area contributed by atoms with E-state index < -0.39 is 0 Å². The maximum absolute atomic E-state index is 13.2. The molecule has 0 aliphatic rings. The number of nitrogens with one attached hydrogen (secondary N) is 1. The lowest BCUT2D eigenvalue weighted by molar-refractivity contribution is -0.119. The van der Waals surface area contributed by atoms with Crippen LogP contribution in [0.5, 0.6) is 0 Å². The molecule has 2 rings (SSSR count). The Morgan fingerprint density at radius 3 is 2.94 bits per heavy atom. The van der Waals surface area contributed by atoms with Gasteiger partial charge in [0.25, 0.3) is 0 Å². The molecule has 0 aliphatic carbocycles. The molecule has 1 aromatic heterocycles. The van der Waals surface area contributed by atoms with Crippen LogP contribution in [0.4, 0.5) is 4.39 Å². The quantitative estimate of drug-likeness (QED) is 0.882. The van der Waals surface area contributed by atoms with E-state index in [1.165, 1.54) is 19.1 Å². The van der Waals surface area contributed by atoms with E-state index >= 15 is 0 Å². The van der Waals surface area contributed by atoms with Crippen LogP contribution in [0.15, 0.2) is 18.2 Å². The lowest BCUT2D eigenvalue weighted by atomic mass is 10.3. The van der Waals surface area contributed by atoms with Crippen molar-refractivity contribution < 1.29 is 9.18 Å². The predicted octanol–water partition coefficient (Wildman–Crippen LogP) is 1.83. The van der Waals surface area contributed by atoms with Crippen molar-refractivity contribution in [3.63, 3.8) is 0 Å². The molecule has 0 spiro atoms. The third kappa shape index (κ3) is 2.27. The number of nitrogens with zero attached hydrogens (tertiary/aromatic N) is 2. The average molecular weight is 235 g/mol. The van der Waals surface area contributed by atoms with Gasteiger partial charge in [0.2, 0.25) is 5.91 Å². The number of carbonyl (C=O) groups excluding carboxylic acids is 1. The fourth-order valence-electron chi connectivity index (χ4n) is 1.84. The number of fused-ring (bicyclic) bond motifs is 1. The summed E-state index contributed by atoms with van der Waals surface area (Å²) in [6, 6.07) is 4.49. The SMILES string of the molecule is CCn1c(CNC(C)=O)nc2ccc(F)cc21. The lowest BCUT2D eigenvalue weighted by Crippen LogP contribution is -2.21. The standard InChI is InChI=1S/C12H14FN3O/c1-3-16-11-6-9(13)4-5-10(11)15-12(16)7-14-8(2)17/h4-6H,3,7H2,1-2H3,(H,14,17). The van der Waals surface area contributed by atoms with Gasteiger partial charge in [0, 0.05) is 13.5 Å². The molecule has 0 radical (unpaired) electrons. The summed E-state index contributed by atoms with van der Waals surface area (Å²) >= 11 is 0. The molecule has 0 aliphatic heterocycles. The molecular formula is C12H14FN3O. The molecule has 0 bridgehead atoms. The number of aromatic nitrogens is 2. The molecule has 0 saturated heterocycles. The Balaban J connectivity index is 2.45. The van der Waals surface area contributed by atoms with Gasteiger partial charge in [-0.15, -0.1) is 0 Å². The Kier molecular flexibility index (Phi) is 3.08. The summed E-state index contributed by atoms with van der Waals surface area (Å²) in [6.45, 7) is 4.47. The van der Waals surface area contributed by atoms with E-state index in [0.717, 1.165) is 16.9 Å². The number of rotatable bonds is 3. The third-order valence-corrected chi connectivity index (χ3v) is 2.60. The molecule has 5 heteroatoms. The van der Waals surface area contributed by atoms with Crippen molar-refractivity contribution in [1.82, 2.24) is 14.9 Å². The number of amides is 1. The van der Waals surface area contributed by atoms with Gasteiger partial charge in [0.05, 0.1) is 17.6 Å². The minimum atomic E-state index is -0.279. The van der Waals surface area contributed by atoms with Crippen molar-refractivity contribution in [2.45, 2.75) is 26.9 Å². The van der Waals surface area contributed by atoms with Gasteiger partial charge in [-0.05, 0) is 25.1 Å².